The molecule has 0 aromatic heterocycles. The van der Waals surface area contributed by atoms with Crippen molar-refractivity contribution < 1.29 is 9.90 Å². The maximum atomic E-state index is 10.9. The highest BCUT2D eigenvalue weighted by atomic mass is 16.4. The normalized spacial score (nSPS) is 31.0. The molecule has 2 saturated heterocycles. The number of hydrogen-bond donors (Lipinski definition) is 1. The maximum absolute atomic E-state index is 10.9. The first-order valence-corrected chi connectivity index (χ1v) is 8.14. The van der Waals surface area contributed by atoms with Gasteiger partial charge in [-0.25, -0.2) is 0 Å². The van der Waals surface area contributed by atoms with E-state index in [9.17, 15) is 4.79 Å². The molecule has 3 heteroatoms. The molecule has 2 heterocycles. The summed E-state index contributed by atoms with van der Waals surface area (Å²) in [5.41, 5.74) is 0. The van der Waals surface area contributed by atoms with Gasteiger partial charge in [0.25, 0.3) is 0 Å². The van der Waals surface area contributed by atoms with Crippen LogP contribution >= 0.6 is 0 Å². The summed E-state index contributed by atoms with van der Waals surface area (Å²) in [5, 5.41) is 8.99. The Balaban J connectivity index is 1.99. The van der Waals surface area contributed by atoms with Gasteiger partial charge in [0.2, 0.25) is 0 Å². The van der Waals surface area contributed by atoms with Gasteiger partial charge in [0.05, 0.1) is 0 Å². The summed E-state index contributed by atoms with van der Waals surface area (Å²) in [5.74, 6) is -0.188. The third-order valence-corrected chi connectivity index (χ3v) is 5.02. The first kappa shape index (κ1) is 14.8. The molecule has 2 bridgehead atoms. The molecule has 110 valence electrons. The van der Waals surface area contributed by atoms with E-state index >= 15 is 0 Å². The summed E-state index contributed by atoms with van der Waals surface area (Å²) >= 11 is 0. The van der Waals surface area contributed by atoms with Crippen LogP contribution in [0.15, 0.2) is 0 Å². The Bertz CT molecular complexity index is 285. The van der Waals surface area contributed by atoms with Gasteiger partial charge < -0.3 is 5.11 Å². The minimum Gasteiger partial charge on any atom is -0.481 e. The summed E-state index contributed by atoms with van der Waals surface area (Å²) in [6.45, 7) is 4.56. The number of carboxylic acid groups (broad SMARTS) is 1. The monoisotopic (exact) mass is 267 g/mol. The molecule has 2 atom stereocenters. The lowest BCUT2D eigenvalue weighted by atomic mass is 9.86. The molecule has 0 amide bonds. The van der Waals surface area contributed by atoms with Gasteiger partial charge in [0.1, 0.15) is 0 Å². The quantitative estimate of drug-likeness (QED) is 0.765. The summed E-state index contributed by atoms with van der Waals surface area (Å²) in [6, 6.07) is 2.09. The van der Waals surface area contributed by atoms with Crippen molar-refractivity contribution in [1.82, 2.24) is 4.90 Å². The molecule has 0 aromatic carbocycles. The van der Waals surface area contributed by atoms with E-state index in [1.165, 1.54) is 38.5 Å². The van der Waals surface area contributed by atoms with Gasteiger partial charge in [-0.3, -0.25) is 9.69 Å². The molecule has 19 heavy (non-hydrogen) atoms. The van der Waals surface area contributed by atoms with Crippen molar-refractivity contribution in [1.29, 1.82) is 0 Å². The molecule has 2 aliphatic heterocycles. The predicted octanol–water partition coefficient (Wildman–Crippen LogP) is 3.67. The Labute approximate surface area is 117 Å². The summed E-state index contributed by atoms with van der Waals surface area (Å²) in [7, 11) is 0. The number of nitrogens with zero attached hydrogens (tertiary/aromatic N) is 1. The van der Waals surface area contributed by atoms with Gasteiger partial charge in [-0.1, -0.05) is 26.7 Å². The van der Waals surface area contributed by atoms with Crippen molar-refractivity contribution in [3.8, 4) is 0 Å². The minimum atomic E-state index is -0.614. The highest BCUT2D eigenvalue weighted by Crippen LogP contribution is 2.42. The van der Waals surface area contributed by atoms with E-state index in [1.807, 2.05) is 0 Å². The minimum absolute atomic E-state index is 0.382. The largest absolute Gasteiger partial charge is 0.481 e. The molecule has 1 N–H and O–H groups in total. The fourth-order valence-corrected chi connectivity index (χ4v) is 4.44. The van der Waals surface area contributed by atoms with Gasteiger partial charge in [0.15, 0.2) is 0 Å². The van der Waals surface area contributed by atoms with E-state index < -0.39 is 5.97 Å². The van der Waals surface area contributed by atoms with E-state index in [1.54, 1.807) is 0 Å². The topological polar surface area (TPSA) is 40.5 Å². The number of fused-ring (bicyclic) bond motifs is 2. The van der Waals surface area contributed by atoms with Crippen molar-refractivity contribution in [3.05, 3.63) is 0 Å². The van der Waals surface area contributed by atoms with Crippen LogP contribution in [0.5, 0.6) is 0 Å². The zero-order valence-corrected chi connectivity index (χ0v) is 12.5. The number of carboxylic acids is 1. The molecule has 0 spiro atoms. The lowest BCUT2D eigenvalue weighted by Gasteiger charge is -2.43. The first-order chi connectivity index (χ1) is 9.15. The summed E-state index contributed by atoms with van der Waals surface area (Å²) < 4.78 is 0. The van der Waals surface area contributed by atoms with Crippen molar-refractivity contribution in [2.45, 2.75) is 89.8 Å². The lowest BCUT2D eigenvalue weighted by molar-refractivity contribution is -0.138. The fourth-order valence-electron chi connectivity index (χ4n) is 4.44. The predicted molar refractivity (Wildman–Crippen MR) is 77.2 cm³/mol. The molecular formula is C16H29NO2. The van der Waals surface area contributed by atoms with Crippen LogP contribution in [0.3, 0.4) is 0 Å². The van der Waals surface area contributed by atoms with Crippen LogP contribution in [0.4, 0.5) is 0 Å². The Kier molecular flexibility index (Phi) is 5.26. The van der Waals surface area contributed by atoms with E-state index in [0.717, 1.165) is 18.9 Å². The van der Waals surface area contributed by atoms with E-state index in [4.69, 9.17) is 5.11 Å². The molecule has 2 unspecified atom stereocenters. The molecule has 2 rings (SSSR count). The highest BCUT2D eigenvalue weighted by Gasteiger charge is 2.43. The second-order valence-corrected chi connectivity index (χ2v) is 6.50. The summed E-state index contributed by atoms with van der Waals surface area (Å²) in [6.07, 6.45) is 10.4. The standard InChI is InChI=1S/C16H29NO2/c1-3-5-13(6-4-2)17-14-7-8-15(17)10-12(9-14)11-16(18)19/h12-15H,3-11H2,1-2H3,(H,18,19). The highest BCUT2D eigenvalue weighted by molar-refractivity contribution is 5.67. The van der Waals surface area contributed by atoms with Crippen LogP contribution in [-0.4, -0.2) is 34.1 Å². The molecule has 3 nitrogen and oxygen atoms in total. The SMILES string of the molecule is CCCC(CCC)N1C2CCC1CC(CC(=O)O)C2. The van der Waals surface area contributed by atoms with Gasteiger partial charge in [-0.15, -0.1) is 0 Å². The smallest absolute Gasteiger partial charge is 0.303 e. The Morgan fingerprint density at radius 1 is 1.16 bits per heavy atom. The molecule has 0 radical (unpaired) electrons. The van der Waals surface area contributed by atoms with Gasteiger partial charge in [-0.2, -0.15) is 0 Å². The number of aliphatic carboxylic acids is 1. The Morgan fingerprint density at radius 3 is 2.11 bits per heavy atom. The van der Waals surface area contributed by atoms with Crippen LogP contribution in [0.25, 0.3) is 0 Å². The zero-order chi connectivity index (χ0) is 13.8. The van der Waals surface area contributed by atoms with Gasteiger partial charge >= 0.3 is 5.97 Å². The van der Waals surface area contributed by atoms with Crippen LogP contribution in [0.1, 0.15) is 71.6 Å². The van der Waals surface area contributed by atoms with Crippen molar-refractivity contribution in [3.63, 3.8) is 0 Å². The summed E-state index contributed by atoms with van der Waals surface area (Å²) in [4.78, 5) is 13.7. The van der Waals surface area contributed by atoms with Crippen LogP contribution < -0.4 is 0 Å². The van der Waals surface area contributed by atoms with Crippen molar-refractivity contribution >= 4 is 5.97 Å². The van der Waals surface area contributed by atoms with Crippen LogP contribution in [-0.2, 0) is 4.79 Å². The molecule has 0 aromatic rings. The zero-order valence-electron chi connectivity index (χ0n) is 12.5. The Hall–Kier alpha value is -0.570. The average molecular weight is 267 g/mol. The first-order valence-electron chi connectivity index (χ1n) is 8.14. The van der Waals surface area contributed by atoms with E-state index in [-0.39, 0.29) is 0 Å². The maximum Gasteiger partial charge on any atom is 0.303 e. The van der Waals surface area contributed by atoms with E-state index in [0.29, 0.717) is 24.4 Å². The second kappa shape index (κ2) is 6.74. The number of hydrogen-bond acceptors (Lipinski definition) is 2. The number of carbonyl (C=O) groups is 1. The molecule has 2 aliphatic rings. The average Bonchev–Trinajstić information content (AvgIpc) is 2.60. The van der Waals surface area contributed by atoms with Gasteiger partial charge in [0, 0.05) is 24.5 Å². The number of piperidine rings is 1. The molecule has 0 saturated carbocycles. The lowest BCUT2D eigenvalue weighted by Crippen LogP contribution is -2.49. The van der Waals surface area contributed by atoms with Gasteiger partial charge in [-0.05, 0) is 44.4 Å². The molecule has 0 aliphatic carbocycles. The molecule has 2 fully saturated rings. The number of rotatable bonds is 7. The third kappa shape index (κ3) is 3.50. The second-order valence-electron chi connectivity index (χ2n) is 6.50. The molecular weight excluding hydrogens is 238 g/mol. The van der Waals surface area contributed by atoms with E-state index in [2.05, 4.69) is 18.7 Å². The third-order valence-electron chi connectivity index (χ3n) is 5.02. The Morgan fingerprint density at radius 2 is 1.68 bits per heavy atom. The fraction of sp³-hybridized carbons (Fsp3) is 0.938. The van der Waals surface area contributed by atoms with Crippen molar-refractivity contribution in [2.24, 2.45) is 5.92 Å². The van der Waals surface area contributed by atoms with Crippen LogP contribution in [0.2, 0.25) is 0 Å². The van der Waals surface area contributed by atoms with Crippen molar-refractivity contribution in [2.75, 3.05) is 0 Å². The van der Waals surface area contributed by atoms with Crippen LogP contribution in [0, 0.1) is 5.92 Å².